The SMILES string of the molecule is CCCC(NC(=O)[C@H](CC1CC1)NC(=O)[C@@H](NC(=O)OCC(C)C)C1CCCCC1)C(=O)C(=O)NCC(=O)NC(C(=O)O)c1ccccc1. The molecule has 0 aromatic heterocycles. The summed E-state index contributed by atoms with van der Waals surface area (Å²) in [7, 11) is 0. The molecule has 0 spiro atoms. The smallest absolute Gasteiger partial charge is 0.407 e. The summed E-state index contributed by atoms with van der Waals surface area (Å²) in [6, 6.07) is 3.52. The number of aliphatic carboxylic acids is 1. The minimum atomic E-state index is -1.36. The highest BCUT2D eigenvalue weighted by Crippen LogP contribution is 2.34. The van der Waals surface area contributed by atoms with Crippen molar-refractivity contribution in [1.29, 1.82) is 0 Å². The number of hydrogen-bond acceptors (Lipinski definition) is 8. The molecule has 2 aliphatic carbocycles. The Morgan fingerprint density at radius 3 is 2.08 bits per heavy atom. The third-order valence-corrected chi connectivity index (χ3v) is 8.65. The first kappa shape index (κ1) is 39.0. The molecular formula is C35H51N5O9. The lowest BCUT2D eigenvalue weighted by molar-refractivity contribution is -0.142. The van der Waals surface area contributed by atoms with E-state index in [1.54, 1.807) is 25.1 Å². The van der Waals surface area contributed by atoms with E-state index in [4.69, 9.17) is 4.74 Å². The van der Waals surface area contributed by atoms with Crippen molar-refractivity contribution >= 4 is 41.5 Å². The van der Waals surface area contributed by atoms with E-state index in [0.29, 0.717) is 18.4 Å². The number of carboxylic acids is 1. The Kier molecular flexibility index (Phi) is 15.5. The highest BCUT2D eigenvalue weighted by atomic mass is 16.5. The number of carbonyl (C=O) groups excluding carboxylic acids is 6. The number of ketones is 1. The standard InChI is InChI=1S/C35H51N5O9/c1-4-11-25(30(42)33(45)36-19-27(41)39-29(34(46)47)24-14-9-6-10-15-24)37-31(43)26(18-22-16-17-22)38-32(44)28(23-12-7-5-8-13-23)40-35(48)49-20-21(2)3/h6,9-10,14-15,21-23,25-26,28-29H,4-5,7-8,11-13,16-20H2,1-3H3,(H,36,45)(H,37,43)(H,38,44)(H,39,41)(H,40,48)(H,46,47)/t25?,26-,28-,29?/m0/s1. The molecular weight excluding hydrogens is 634 g/mol. The van der Waals surface area contributed by atoms with E-state index >= 15 is 0 Å². The van der Waals surface area contributed by atoms with Gasteiger partial charge in [0, 0.05) is 0 Å². The second-order valence-electron chi connectivity index (χ2n) is 13.4. The molecule has 1 aromatic rings. The lowest BCUT2D eigenvalue weighted by atomic mass is 9.83. The fourth-order valence-corrected chi connectivity index (χ4v) is 5.84. The van der Waals surface area contributed by atoms with Crippen molar-refractivity contribution in [3.8, 4) is 0 Å². The van der Waals surface area contributed by atoms with Crippen LogP contribution in [0.5, 0.6) is 0 Å². The molecule has 2 unspecified atom stereocenters. The molecule has 14 nitrogen and oxygen atoms in total. The van der Waals surface area contributed by atoms with Crippen LogP contribution in [0.2, 0.25) is 0 Å². The van der Waals surface area contributed by atoms with Crippen LogP contribution in [-0.2, 0) is 33.5 Å². The maximum Gasteiger partial charge on any atom is 0.407 e. The van der Waals surface area contributed by atoms with E-state index < -0.39 is 72.2 Å². The minimum absolute atomic E-state index is 0.112. The molecule has 5 amide bonds. The van der Waals surface area contributed by atoms with E-state index in [1.165, 1.54) is 12.1 Å². The van der Waals surface area contributed by atoms with Gasteiger partial charge in [0.15, 0.2) is 6.04 Å². The molecule has 2 saturated carbocycles. The first-order valence-corrected chi connectivity index (χ1v) is 17.3. The number of alkyl carbamates (subject to hydrolysis) is 1. The van der Waals surface area contributed by atoms with Crippen molar-refractivity contribution in [2.75, 3.05) is 13.2 Å². The van der Waals surface area contributed by atoms with Crippen LogP contribution in [0.15, 0.2) is 30.3 Å². The average molecular weight is 686 g/mol. The first-order valence-electron chi connectivity index (χ1n) is 17.3. The van der Waals surface area contributed by atoms with Crippen molar-refractivity contribution in [3.63, 3.8) is 0 Å². The predicted octanol–water partition coefficient (Wildman–Crippen LogP) is 2.51. The Balaban J connectivity index is 1.64. The molecule has 14 heteroatoms. The van der Waals surface area contributed by atoms with E-state index in [0.717, 1.165) is 44.9 Å². The molecule has 0 aliphatic heterocycles. The van der Waals surface area contributed by atoms with Crippen molar-refractivity contribution < 1.29 is 43.4 Å². The zero-order valence-electron chi connectivity index (χ0n) is 28.6. The average Bonchev–Trinajstić information content (AvgIpc) is 3.91. The third kappa shape index (κ3) is 13.1. The van der Waals surface area contributed by atoms with Gasteiger partial charge in [0.1, 0.15) is 12.1 Å². The maximum absolute atomic E-state index is 13.7. The number of benzene rings is 1. The Morgan fingerprint density at radius 2 is 1.49 bits per heavy atom. The fourth-order valence-electron chi connectivity index (χ4n) is 5.84. The van der Waals surface area contributed by atoms with Crippen LogP contribution in [0.3, 0.4) is 0 Å². The third-order valence-electron chi connectivity index (χ3n) is 8.65. The second kappa shape index (κ2) is 19.5. The van der Waals surface area contributed by atoms with Gasteiger partial charge in [0.25, 0.3) is 5.91 Å². The van der Waals surface area contributed by atoms with Gasteiger partial charge in [0.2, 0.25) is 23.5 Å². The van der Waals surface area contributed by atoms with E-state index in [2.05, 4.69) is 26.6 Å². The predicted molar refractivity (Wildman–Crippen MR) is 179 cm³/mol. The van der Waals surface area contributed by atoms with Gasteiger partial charge in [-0.2, -0.15) is 0 Å². The largest absolute Gasteiger partial charge is 0.479 e. The maximum atomic E-state index is 13.7. The number of amides is 5. The molecule has 49 heavy (non-hydrogen) atoms. The van der Waals surface area contributed by atoms with Crippen molar-refractivity contribution in [2.45, 2.75) is 109 Å². The quantitative estimate of drug-likeness (QED) is 0.118. The zero-order valence-corrected chi connectivity index (χ0v) is 28.6. The summed E-state index contributed by atoms with van der Waals surface area (Å²) in [6.07, 6.45) is 6.33. The monoisotopic (exact) mass is 685 g/mol. The van der Waals surface area contributed by atoms with Crippen LogP contribution in [0, 0.1) is 17.8 Å². The van der Waals surface area contributed by atoms with Gasteiger partial charge in [-0.3, -0.25) is 24.0 Å². The van der Waals surface area contributed by atoms with Crippen LogP contribution in [-0.4, -0.2) is 77.9 Å². The van der Waals surface area contributed by atoms with Crippen LogP contribution >= 0.6 is 0 Å². The summed E-state index contributed by atoms with van der Waals surface area (Å²) in [5, 5.41) is 22.2. The molecule has 6 N–H and O–H groups in total. The Bertz CT molecular complexity index is 1310. The molecule has 0 saturated heterocycles. The van der Waals surface area contributed by atoms with Crippen LogP contribution in [0.25, 0.3) is 0 Å². The molecule has 3 rings (SSSR count). The van der Waals surface area contributed by atoms with Crippen molar-refractivity contribution in [2.24, 2.45) is 17.8 Å². The number of hydrogen-bond donors (Lipinski definition) is 6. The van der Waals surface area contributed by atoms with Crippen molar-refractivity contribution in [3.05, 3.63) is 35.9 Å². The minimum Gasteiger partial charge on any atom is -0.479 e. The first-order chi connectivity index (χ1) is 23.4. The van der Waals surface area contributed by atoms with Gasteiger partial charge >= 0.3 is 12.1 Å². The summed E-state index contributed by atoms with van der Waals surface area (Å²) >= 11 is 0. The van der Waals surface area contributed by atoms with E-state index in [9.17, 15) is 38.7 Å². The van der Waals surface area contributed by atoms with Gasteiger partial charge in [-0.25, -0.2) is 9.59 Å². The Labute approximate surface area is 287 Å². The molecule has 2 fully saturated rings. The second-order valence-corrected chi connectivity index (χ2v) is 13.4. The summed E-state index contributed by atoms with van der Waals surface area (Å²) < 4.78 is 5.28. The van der Waals surface area contributed by atoms with Crippen molar-refractivity contribution in [1.82, 2.24) is 26.6 Å². The number of carbonyl (C=O) groups is 7. The summed E-state index contributed by atoms with van der Waals surface area (Å²) in [6.45, 7) is 5.11. The molecule has 1 aromatic carbocycles. The Hall–Kier alpha value is -4.49. The molecule has 0 heterocycles. The number of nitrogens with one attached hydrogen (secondary N) is 5. The lowest BCUT2D eigenvalue weighted by Gasteiger charge is -2.31. The van der Waals surface area contributed by atoms with Gasteiger partial charge in [-0.1, -0.05) is 89.6 Å². The van der Waals surface area contributed by atoms with Gasteiger partial charge < -0.3 is 36.4 Å². The van der Waals surface area contributed by atoms with Gasteiger partial charge in [-0.05, 0) is 49.0 Å². The molecule has 270 valence electrons. The Morgan fingerprint density at radius 1 is 0.837 bits per heavy atom. The van der Waals surface area contributed by atoms with Crippen LogP contribution in [0.1, 0.15) is 96.6 Å². The van der Waals surface area contributed by atoms with Crippen LogP contribution < -0.4 is 26.6 Å². The summed E-state index contributed by atoms with van der Waals surface area (Å²) in [5.74, 6) is -5.17. The summed E-state index contributed by atoms with van der Waals surface area (Å²) in [5.41, 5.74) is 0.330. The van der Waals surface area contributed by atoms with Crippen LogP contribution in [0.4, 0.5) is 4.79 Å². The number of ether oxygens (including phenoxy) is 1. The topological polar surface area (TPSA) is 209 Å². The fraction of sp³-hybridized carbons (Fsp3) is 0.629. The number of rotatable bonds is 19. The summed E-state index contributed by atoms with van der Waals surface area (Å²) in [4.78, 5) is 90.0. The van der Waals surface area contributed by atoms with E-state index in [1.807, 2.05) is 13.8 Å². The number of carboxylic acid groups (broad SMARTS) is 1. The normalized spacial score (nSPS) is 17.1. The van der Waals surface area contributed by atoms with E-state index in [-0.39, 0.29) is 30.8 Å². The highest BCUT2D eigenvalue weighted by molar-refractivity contribution is 6.38. The lowest BCUT2D eigenvalue weighted by Crippen LogP contribution is -2.58. The van der Waals surface area contributed by atoms with Gasteiger partial charge in [0.05, 0.1) is 19.2 Å². The molecule has 0 radical (unpaired) electrons. The molecule has 2 aliphatic rings. The molecule has 0 bridgehead atoms. The highest BCUT2D eigenvalue weighted by Gasteiger charge is 2.37. The van der Waals surface area contributed by atoms with Gasteiger partial charge in [-0.15, -0.1) is 0 Å². The zero-order chi connectivity index (χ0) is 35.9. The molecule has 4 atom stereocenters. The number of Topliss-reactive ketones (excluding diaryl/α,β-unsaturated/α-hetero) is 1.